The van der Waals surface area contributed by atoms with Gasteiger partial charge in [-0.3, -0.25) is 4.79 Å². The number of amides is 1. The molecule has 2 aromatic heterocycles. The predicted octanol–water partition coefficient (Wildman–Crippen LogP) is 4.98. The highest BCUT2D eigenvalue weighted by atomic mass is 32.1. The molecule has 0 radical (unpaired) electrons. The first-order valence-corrected chi connectivity index (χ1v) is 9.95. The van der Waals surface area contributed by atoms with Crippen molar-refractivity contribution in [3.63, 3.8) is 0 Å². The molecule has 0 aliphatic rings. The molecular formula is C20H21NO3S2. The summed E-state index contributed by atoms with van der Waals surface area (Å²) in [6.45, 7) is 3.07. The fourth-order valence-electron chi connectivity index (χ4n) is 2.77. The minimum absolute atomic E-state index is 0.0385. The molecule has 1 amide bonds. The van der Waals surface area contributed by atoms with Crippen LogP contribution in [0.15, 0.2) is 47.2 Å². The van der Waals surface area contributed by atoms with Crippen LogP contribution in [-0.2, 0) is 13.1 Å². The van der Waals surface area contributed by atoms with Crippen LogP contribution in [0.3, 0.4) is 0 Å². The molecule has 26 heavy (non-hydrogen) atoms. The van der Waals surface area contributed by atoms with Gasteiger partial charge >= 0.3 is 0 Å². The van der Waals surface area contributed by atoms with Gasteiger partial charge in [0, 0.05) is 20.9 Å². The van der Waals surface area contributed by atoms with E-state index in [-0.39, 0.29) is 5.91 Å². The van der Waals surface area contributed by atoms with Gasteiger partial charge in [-0.1, -0.05) is 12.1 Å². The average molecular weight is 388 g/mol. The topological polar surface area (TPSA) is 38.8 Å². The lowest BCUT2D eigenvalue weighted by molar-refractivity contribution is 0.0733. The number of thiophene rings is 2. The van der Waals surface area contributed by atoms with E-state index in [0.717, 1.165) is 15.3 Å². The first kappa shape index (κ1) is 18.5. The fourth-order valence-corrected chi connectivity index (χ4v) is 4.21. The number of methoxy groups -OCH3 is 2. The molecule has 0 unspecified atom stereocenters. The minimum atomic E-state index is -0.0385. The van der Waals surface area contributed by atoms with E-state index in [1.165, 1.54) is 0 Å². The number of hydrogen-bond acceptors (Lipinski definition) is 5. The van der Waals surface area contributed by atoms with E-state index in [2.05, 4.69) is 12.1 Å². The Morgan fingerprint density at radius 3 is 1.85 bits per heavy atom. The van der Waals surface area contributed by atoms with E-state index < -0.39 is 0 Å². The summed E-state index contributed by atoms with van der Waals surface area (Å²) in [5.74, 6) is 1.27. The highest BCUT2D eigenvalue weighted by Gasteiger charge is 2.20. The van der Waals surface area contributed by atoms with Gasteiger partial charge in [0.05, 0.1) is 27.3 Å². The third-order valence-electron chi connectivity index (χ3n) is 4.14. The zero-order chi connectivity index (χ0) is 18.5. The Labute approximate surface area is 161 Å². The van der Waals surface area contributed by atoms with Gasteiger partial charge in [0.1, 0.15) is 11.5 Å². The van der Waals surface area contributed by atoms with Crippen molar-refractivity contribution in [3.8, 4) is 11.5 Å². The number of hydrogen-bond donors (Lipinski definition) is 0. The lowest BCUT2D eigenvalue weighted by Crippen LogP contribution is -2.29. The van der Waals surface area contributed by atoms with Gasteiger partial charge in [-0.25, -0.2) is 0 Å². The smallest absolute Gasteiger partial charge is 0.254 e. The van der Waals surface area contributed by atoms with E-state index in [1.807, 2.05) is 34.7 Å². The van der Waals surface area contributed by atoms with Crippen LogP contribution in [0.25, 0.3) is 0 Å². The minimum Gasteiger partial charge on any atom is -0.496 e. The summed E-state index contributed by atoms with van der Waals surface area (Å²) in [5, 5.41) is 4.06. The van der Waals surface area contributed by atoms with Crippen LogP contribution in [-0.4, -0.2) is 25.0 Å². The van der Waals surface area contributed by atoms with Crippen molar-refractivity contribution >= 4 is 28.6 Å². The quantitative estimate of drug-likeness (QED) is 0.574. The summed E-state index contributed by atoms with van der Waals surface area (Å²) in [4.78, 5) is 17.4. The molecule has 0 aliphatic heterocycles. The van der Waals surface area contributed by atoms with Crippen molar-refractivity contribution in [1.29, 1.82) is 0 Å². The first-order chi connectivity index (χ1) is 12.6. The molecule has 4 nitrogen and oxygen atoms in total. The van der Waals surface area contributed by atoms with Crippen molar-refractivity contribution in [1.82, 2.24) is 4.90 Å². The Balaban J connectivity index is 1.93. The normalized spacial score (nSPS) is 10.6. The van der Waals surface area contributed by atoms with Crippen molar-refractivity contribution in [2.24, 2.45) is 0 Å². The lowest BCUT2D eigenvalue weighted by atomic mass is 10.1. The molecule has 0 bridgehead atoms. The monoisotopic (exact) mass is 387 g/mol. The second-order valence-electron chi connectivity index (χ2n) is 5.83. The Hall–Kier alpha value is -2.31. The van der Waals surface area contributed by atoms with Gasteiger partial charge in [0.2, 0.25) is 0 Å². The van der Waals surface area contributed by atoms with E-state index in [0.29, 0.717) is 30.2 Å². The molecule has 3 aromatic rings. The average Bonchev–Trinajstić information content (AvgIpc) is 3.35. The SMILES string of the molecule is COc1cc(C(=O)N(Cc2cccs2)Cc2cccs2)cc(OC)c1C. The predicted molar refractivity (Wildman–Crippen MR) is 106 cm³/mol. The van der Waals surface area contributed by atoms with Crippen LogP contribution in [0.4, 0.5) is 0 Å². The Kier molecular flexibility index (Phi) is 5.96. The summed E-state index contributed by atoms with van der Waals surface area (Å²) >= 11 is 3.31. The number of nitrogens with zero attached hydrogens (tertiary/aromatic N) is 1. The highest BCUT2D eigenvalue weighted by Crippen LogP contribution is 2.30. The van der Waals surface area contributed by atoms with Crippen LogP contribution < -0.4 is 9.47 Å². The van der Waals surface area contributed by atoms with E-state index in [1.54, 1.807) is 49.0 Å². The molecule has 1 aromatic carbocycles. The van der Waals surface area contributed by atoms with E-state index in [9.17, 15) is 4.79 Å². The van der Waals surface area contributed by atoms with Crippen molar-refractivity contribution in [2.75, 3.05) is 14.2 Å². The van der Waals surface area contributed by atoms with Gasteiger partial charge in [0.25, 0.3) is 5.91 Å². The Morgan fingerprint density at radius 1 is 0.962 bits per heavy atom. The van der Waals surface area contributed by atoms with Crippen molar-refractivity contribution in [3.05, 3.63) is 68.0 Å². The van der Waals surface area contributed by atoms with Crippen LogP contribution in [0.1, 0.15) is 25.7 Å². The Morgan fingerprint density at radius 2 is 1.46 bits per heavy atom. The summed E-state index contributed by atoms with van der Waals surface area (Å²) in [5.41, 5.74) is 1.45. The summed E-state index contributed by atoms with van der Waals surface area (Å²) in [6.07, 6.45) is 0. The molecule has 0 aliphatic carbocycles. The number of benzene rings is 1. The van der Waals surface area contributed by atoms with Crippen LogP contribution in [0.5, 0.6) is 11.5 Å². The molecule has 0 saturated heterocycles. The van der Waals surface area contributed by atoms with Crippen LogP contribution in [0.2, 0.25) is 0 Å². The number of ether oxygens (including phenoxy) is 2. The second kappa shape index (κ2) is 8.38. The number of rotatable bonds is 7. The largest absolute Gasteiger partial charge is 0.496 e. The summed E-state index contributed by atoms with van der Waals surface area (Å²) in [6, 6.07) is 11.7. The van der Waals surface area contributed by atoms with Gasteiger partial charge in [-0.05, 0) is 41.9 Å². The molecular weight excluding hydrogens is 366 g/mol. The van der Waals surface area contributed by atoms with Gasteiger partial charge in [-0.15, -0.1) is 22.7 Å². The first-order valence-electron chi connectivity index (χ1n) is 8.19. The molecule has 136 valence electrons. The van der Waals surface area contributed by atoms with Gasteiger partial charge in [-0.2, -0.15) is 0 Å². The van der Waals surface area contributed by atoms with Crippen LogP contribution >= 0.6 is 22.7 Å². The van der Waals surface area contributed by atoms with E-state index in [4.69, 9.17) is 9.47 Å². The summed E-state index contributed by atoms with van der Waals surface area (Å²) in [7, 11) is 3.20. The zero-order valence-corrected chi connectivity index (χ0v) is 16.7. The maximum atomic E-state index is 13.3. The maximum absolute atomic E-state index is 13.3. The number of carbonyl (C=O) groups excluding carboxylic acids is 1. The standard InChI is InChI=1S/C20H21NO3S2/c1-14-18(23-2)10-15(11-19(14)24-3)20(22)21(12-16-6-4-8-25-16)13-17-7-5-9-26-17/h4-11H,12-13H2,1-3H3. The maximum Gasteiger partial charge on any atom is 0.254 e. The lowest BCUT2D eigenvalue weighted by Gasteiger charge is -2.23. The van der Waals surface area contributed by atoms with Gasteiger partial charge < -0.3 is 14.4 Å². The van der Waals surface area contributed by atoms with Gasteiger partial charge in [0.15, 0.2) is 0 Å². The molecule has 0 saturated carbocycles. The molecule has 0 atom stereocenters. The Bertz CT molecular complexity index is 796. The molecule has 0 spiro atoms. The third kappa shape index (κ3) is 4.08. The number of carbonyl (C=O) groups is 1. The molecule has 6 heteroatoms. The molecule has 2 heterocycles. The fraction of sp³-hybridized carbons (Fsp3) is 0.250. The van der Waals surface area contributed by atoms with Crippen molar-refractivity contribution < 1.29 is 14.3 Å². The second-order valence-corrected chi connectivity index (χ2v) is 7.89. The molecule has 0 N–H and O–H groups in total. The third-order valence-corrected chi connectivity index (χ3v) is 5.86. The molecule has 3 rings (SSSR count). The highest BCUT2D eigenvalue weighted by molar-refractivity contribution is 7.10. The van der Waals surface area contributed by atoms with Crippen molar-refractivity contribution in [2.45, 2.75) is 20.0 Å². The zero-order valence-electron chi connectivity index (χ0n) is 15.0. The van der Waals surface area contributed by atoms with E-state index >= 15 is 0 Å². The van der Waals surface area contributed by atoms with Crippen LogP contribution in [0, 0.1) is 6.92 Å². The summed E-state index contributed by atoms with van der Waals surface area (Å²) < 4.78 is 10.8. The molecule has 0 fully saturated rings.